The van der Waals surface area contributed by atoms with E-state index in [4.69, 9.17) is 5.73 Å². The first-order valence-corrected chi connectivity index (χ1v) is 4.70. The Balaban J connectivity index is 2.84. The molecular weight excluding hydrogens is 199 g/mol. The highest BCUT2D eigenvalue weighted by Crippen LogP contribution is 2.14. The Kier molecular flexibility index (Phi) is 3.41. The molecule has 1 rings (SSSR count). The van der Waals surface area contributed by atoms with E-state index in [1.165, 1.54) is 0 Å². The summed E-state index contributed by atoms with van der Waals surface area (Å²) >= 11 is 4.68. The number of halogens is 1. The number of aryl methyl sites for hydroxylation is 2. The minimum absolute atomic E-state index is 0.149. The second kappa shape index (κ2) is 4.37. The van der Waals surface area contributed by atoms with Crippen LogP contribution in [0.25, 0.3) is 0 Å². The van der Waals surface area contributed by atoms with Gasteiger partial charge in [-0.1, -0.05) is 12.1 Å². The zero-order valence-corrected chi connectivity index (χ0v) is 9.04. The van der Waals surface area contributed by atoms with Crippen LogP contribution in [0.3, 0.4) is 0 Å². The first kappa shape index (κ1) is 10.9. The number of benzene rings is 1. The fourth-order valence-electron chi connectivity index (χ4n) is 1.33. The summed E-state index contributed by atoms with van der Waals surface area (Å²) in [5.74, 6) is -0.149. The number of thiocarbonyl (C=S) groups is 1. The molecule has 3 N–H and O–H groups in total. The van der Waals surface area contributed by atoms with Gasteiger partial charge in [0, 0.05) is 6.54 Å². The minimum Gasteiger partial charge on any atom is -0.376 e. The summed E-state index contributed by atoms with van der Waals surface area (Å²) in [5, 5.41) is 3.08. The fraction of sp³-hybridized carbons (Fsp3) is 0.300. The van der Waals surface area contributed by atoms with E-state index >= 15 is 0 Å². The number of hydrogen-bond acceptors (Lipinski definition) is 1. The van der Waals surface area contributed by atoms with Gasteiger partial charge in [-0.25, -0.2) is 4.39 Å². The van der Waals surface area contributed by atoms with Crippen LogP contribution in [0.15, 0.2) is 12.1 Å². The van der Waals surface area contributed by atoms with E-state index in [-0.39, 0.29) is 10.9 Å². The Morgan fingerprint density at radius 1 is 1.43 bits per heavy atom. The predicted molar refractivity (Wildman–Crippen MR) is 59.5 cm³/mol. The van der Waals surface area contributed by atoms with E-state index in [2.05, 4.69) is 17.5 Å². The molecule has 2 nitrogen and oxygen atoms in total. The lowest BCUT2D eigenvalue weighted by Crippen LogP contribution is -2.28. The molecule has 0 aliphatic heterocycles. The molecule has 0 aliphatic carbocycles. The van der Waals surface area contributed by atoms with Crippen LogP contribution in [0, 0.1) is 19.7 Å². The summed E-state index contributed by atoms with van der Waals surface area (Å²) in [6, 6.07) is 3.57. The van der Waals surface area contributed by atoms with E-state index in [1.54, 1.807) is 26.0 Å². The first-order valence-electron chi connectivity index (χ1n) is 4.29. The van der Waals surface area contributed by atoms with Gasteiger partial charge in [0.1, 0.15) is 5.82 Å². The normalized spacial score (nSPS) is 9.93. The molecule has 1 aromatic rings. The molecule has 0 radical (unpaired) electrons. The van der Waals surface area contributed by atoms with Crippen LogP contribution in [0.2, 0.25) is 0 Å². The van der Waals surface area contributed by atoms with Crippen molar-refractivity contribution < 1.29 is 4.39 Å². The molecule has 0 spiro atoms. The molecule has 4 heteroatoms. The van der Waals surface area contributed by atoms with Crippen molar-refractivity contribution in [2.75, 3.05) is 0 Å². The first-order chi connectivity index (χ1) is 6.50. The van der Waals surface area contributed by atoms with Crippen molar-refractivity contribution in [3.63, 3.8) is 0 Å². The van der Waals surface area contributed by atoms with E-state index < -0.39 is 0 Å². The monoisotopic (exact) mass is 212 g/mol. The van der Waals surface area contributed by atoms with Crippen molar-refractivity contribution in [3.05, 3.63) is 34.6 Å². The van der Waals surface area contributed by atoms with Gasteiger partial charge in [-0.15, -0.1) is 0 Å². The van der Waals surface area contributed by atoms with E-state index in [0.717, 1.165) is 5.56 Å². The highest BCUT2D eigenvalue weighted by atomic mass is 32.1. The van der Waals surface area contributed by atoms with Crippen molar-refractivity contribution >= 4 is 17.3 Å². The standard InChI is InChI=1S/C10H13FN2S/c1-6-3-8(5-13-10(12)14)4-7(2)9(6)11/h3-4H,5H2,1-2H3,(H3,12,13,14). The highest BCUT2D eigenvalue weighted by molar-refractivity contribution is 7.80. The molecule has 0 aliphatic rings. The quantitative estimate of drug-likeness (QED) is 0.734. The van der Waals surface area contributed by atoms with E-state index in [1.807, 2.05) is 0 Å². The van der Waals surface area contributed by atoms with Crippen molar-refractivity contribution in [2.45, 2.75) is 20.4 Å². The van der Waals surface area contributed by atoms with Crippen LogP contribution >= 0.6 is 12.2 Å². The van der Waals surface area contributed by atoms with Gasteiger partial charge in [-0.2, -0.15) is 0 Å². The average molecular weight is 212 g/mol. The lowest BCUT2D eigenvalue weighted by Gasteiger charge is -2.07. The Labute approximate surface area is 88.3 Å². The lowest BCUT2D eigenvalue weighted by atomic mass is 10.1. The van der Waals surface area contributed by atoms with Gasteiger partial charge in [0.05, 0.1) is 0 Å². The second-order valence-corrected chi connectivity index (χ2v) is 3.70. The summed E-state index contributed by atoms with van der Waals surface area (Å²) in [6.45, 7) is 4.02. The molecule has 0 aromatic heterocycles. The molecule has 0 atom stereocenters. The van der Waals surface area contributed by atoms with Gasteiger partial charge >= 0.3 is 0 Å². The number of rotatable bonds is 2. The molecule has 0 amide bonds. The molecule has 0 saturated carbocycles. The highest BCUT2D eigenvalue weighted by Gasteiger charge is 2.03. The summed E-state index contributed by atoms with van der Waals surface area (Å²) in [4.78, 5) is 0. The van der Waals surface area contributed by atoms with Crippen molar-refractivity contribution in [3.8, 4) is 0 Å². The van der Waals surface area contributed by atoms with Gasteiger partial charge in [-0.3, -0.25) is 0 Å². The fourth-order valence-corrected chi connectivity index (χ4v) is 1.40. The third-order valence-corrected chi connectivity index (χ3v) is 2.11. The van der Waals surface area contributed by atoms with E-state index in [9.17, 15) is 4.39 Å². The Morgan fingerprint density at radius 2 is 1.93 bits per heavy atom. The number of hydrogen-bond donors (Lipinski definition) is 2. The molecular formula is C10H13FN2S. The zero-order chi connectivity index (χ0) is 10.7. The summed E-state index contributed by atoms with van der Waals surface area (Å²) in [6.07, 6.45) is 0. The SMILES string of the molecule is Cc1cc(CNC(N)=S)cc(C)c1F. The maximum atomic E-state index is 13.2. The largest absolute Gasteiger partial charge is 0.376 e. The van der Waals surface area contributed by atoms with Gasteiger partial charge in [-0.05, 0) is 42.8 Å². The van der Waals surface area contributed by atoms with Gasteiger partial charge in [0.2, 0.25) is 0 Å². The third-order valence-electron chi connectivity index (χ3n) is 1.96. The zero-order valence-electron chi connectivity index (χ0n) is 8.23. The summed E-state index contributed by atoms with van der Waals surface area (Å²) < 4.78 is 13.2. The summed E-state index contributed by atoms with van der Waals surface area (Å²) in [5.41, 5.74) is 7.56. The number of nitrogens with two attached hydrogens (primary N) is 1. The second-order valence-electron chi connectivity index (χ2n) is 3.26. The van der Waals surface area contributed by atoms with Crippen molar-refractivity contribution in [2.24, 2.45) is 5.73 Å². The Bertz CT molecular complexity index is 340. The third kappa shape index (κ3) is 2.67. The lowest BCUT2D eigenvalue weighted by molar-refractivity contribution is 0.608. The van der Waals surface area contributed by atoms with E-state index in [0.29, 0.717) is 17.7 Å². The molecule has 0 saturated heterocycles. The van der Waals surface area contributed by atoms with Crippen LogP contribution in [-0.4, -0.2) is 5.11 Å². The smallest absolute Gasteiger partial charge is 0.163 e. The number of nitrogens with one attached hydrogen (secondary N) is 1. The van der Waals surface area contributed by atoms with Crippen LogP contribution in [0.4, 0.5) is 4.39 Å². The van der Waals surface area contributed by atoms with Crippen molar-refractivity contribution in [1.29, 1.82) is 0 Å². The minimum atomic E-state index is -0.149. The molecule has 0 heterocycles. The van der Waals surface area contributed by atoms with Crippen molar-refractivity contribution in [1.82, 2.24) is 5.32 Å². The molecule has 76 valence electrons. The molecule has 0 bridgehead atoms. The van der Waals surface area contributed by atoms with Crippen LogP contribution < -0.4 is 11.1 Å². The molecule has 14 heavy (non-hydrogen) atoms. The van der Waals surface area contributed by atoms with Gasteiger partial charge in [0.25, 0.3) is 0 Å². The van der Waals surface area contributed by atoms with Gasteiger partial charge in [0.15, 0.2) is 5.11 Å². The summed E-state index contributed by atoms with van der Waals surface area (Å²) in [7, 11) is 0. The Hall–Kier alpha value is -1.16. The van der Waals surface area contributed by atoms with Gasteiger partial charge < -0.3 is 11.1 Å². The maximum Gasteiger partial charge on any atom is 0.163 e. The molecule has 1 aromatic carbocycles. The molecule has 0 unspecified atom stereocenters. The molecule has 0 fully saturated rings. The van der Waals surface area contributed by atoms with Crippen LogP contribution in [0.1, 0.15) is 16.7 Å². The average Bonchev–Trinajstić information content (AvgIpc) is 2.10. The predicted octanol–water partition coefficient (Wildman–Crippen LogP) is 1.78. The van der Waals surface area contributed by atoms with Crippen LogP contribution in [-0.2, 0) is 6.54 Å². The maximum absolute atomic E-state index is 13.2. The topological polar surface area (TPSA) is 38.0 Å². The van der Waals surface area contributed by atoms with Crippen LogP contribution in [0.5, 0.6) is 0 Å². The Morgan fingerprint density at radius 3 is 2.36 bits per heavy atom.